The van der Waals surface area contributed by atoms with Gasteiger partial charge in [-0.1, -0.05) is 66.9 Å². The van der Waals surface area contributed by atoms with E-state index >= 15 is 0 Å². The minimum absolute atomic E-state index is 0. The number of terminal acetylenes is 2. The van der Waals surface area contributed by atoms with Gasteiger partial charge in [0.2, 0.25) is 0 Å². The Morgan fingerprint density at radius 3 is 1.70 bits per heavy atom. The number of aromatic nitrogens is 2. The van der Waals surface area contributed by atoms with Crippen LogP contribution >= 0.6 is 39.5 Å². The molecule has 4 aromatic rings. The standard InChI is InChI=1S/C16H16N2O3S.C13H14N2O3S.C3H3Br.2CH4/c1-2-7-17-13(16(20)21)10-22-9-11-5-6-14(19)15-12(11)4-3-8-18-15;14-10(13(17)18)7-19-6-8-3-4-11(16)12-9(8)2-1-5-15-12;1-2-3-4;;/h1,3-6,8,13,17,19H,7,9-10H2,(H,20,21);1-5,10,16H,6-7,14H2,(H,17,18);1H,3H2;2*1H4/t13-;10-;;;/m11.../s1. The van der Waals surface area contributed by atoms with E-state index in [2.05, 4.69) is 43.1 Å². The summed E-state index contributed by atoms with van der Waals surface area (Å²) < 4.78 is 0. The van der Waals surface area contributed by atoms with E-state index in [4.69, 9.17) is 28.8 Å². The third-order valence-electron chi connectivity index (χ3n) is 5.92. The number of benzene rings is 2. The number of thioether (sulfide) groups is 2. The smallest absolute Gasteiger partial charge is 0.321 e. The molecule has 252 valence electrons. The van der Waals surface area contributed by atoms with Gasteiger partial charge in [-0.05, 0) is 35.4 Å². The number of aliphatic carboxylic acids is 2. The Kier molecular flexibility index (Phi) is 21.4. The molecule has 0 aliphatic carbocycles. The number of carboxylic acids is 2. The molecule has 0 spiro atoms. The fraction of sp³-hybridized carbons (Fsp3) is 0.294. The summed E-state index contributed by atoms with van der Waals surface area (Å²) in [6.07, 6.45) is 13.1. The van der Waals surface area contributed by atoms with Crippen LogP contribution in [0.5, 0.6) is 11.5 Å². The molecule has 0 bridgehead atoms. The molecule has 0 amide bonds. The number of alkyl halides is 1. The minimum Gasteiger partial charge on any atom is -0.506 e. The van der Waals surface area contributed by atoms with Crippen molar-refractivity contribution in [1.82, 2.24) is 15.3 Å². The van der Waals surface area contributed by atoms with Crippen LogP contribution in [0.25, 0.3) is 21.8 Å². The summed E-state index contributed by atoms with van der Waals surface area (Å²) in [6.45, 7) is 0.226. The number of fused-ring (bicyclic) bond motifs is 2. The van der Waals surface area contributed by atoms with Crippen molar-refractivity contribution in [2.75, 3.05) is 23.4 Å². The number of nitrogens with zero attached hydrogens (tertiary/aromatic N) is 2. The largest absolute Gasteiger partial charge is 0.506 e. The van der Waals surface area contributed by atoms with E-state index in [1.54, 1.807) is 30.6 Å². The summed E-state index contributed by atoms with van der Waals surface area (Å²) in [5.41, 5.74) is 8.57. The van der Waals surface area contributed by atoms with Crippen molar-refractivity contribution in [3.8, 4) is 36.2 Å². The first-order valence-corrected chi connectivity index (χ1v) is 16.7. The average molecular weight is 746 g/mol. The Morgan fingerprint density at radius 2 is 1.30 bits per heavy atom. The van der Waals surface area contributed by atoms with Crippen LogP contribution in [-0.4, -0.2) is 77.8 Å². The number of phenols is 2. The van der Waals surface area contributed by atoms with Crippen LogP contribution in [0.4, 0.5) is 0 Å². The molecule has 2 aromatic heterocycles. The third-order valence-corrected chi connectivity index (χ3v) is 8.44. The topological polar surface area (TPSA) is 179 Å². The molecule has 0 aliphatic heterocycles. The van der Waals surface area contributed by atoms with E-state index in [1.165, 1.54) is 23.5 Å². The molecular weight excluding hydrogens is 704 g/mol. The van der Waals surface area contributed by atoms with Gasteiger partial charge < -0.3 is 26.2 Å². The van der Waals surface area contributed by atoms with Crippen molar-refractivity contribution >= 4 is 73.2 Å². The lowest BCUT2D eigenvalue weighted by atomic mass is 10.1. The van der Waals surface area contributed by atoms with Crippen LogP contribution in [0, 0.1) is 24.7 Å². The highest BCUT2D eigenvalue weighted by Gasteiger charge is 2.16. The highest BCUT2D eigenvalue weighted by Crippen LogP contribution is 2.29. The number of aromatic hydroxyl groups is 2. The Bertz CT molecular complexity index is 1660. The zero-order valence-corrected chi connectivity index (χ0v) is 27.3. The zero-order chi connectivity index (χ0) is 33.2. The van der Waals surface area contributed by atoms with Crippen molar-refractivity contribution < 1.29 is 30.0 Å². The van der Waals surface area contributed by atoms with E-state index in [9.17, 15) is 19.8 Å². The summed E-state index contributed by atoms with van der Waals surface area (Å²) in [4.78, 5) is 30.0. The summed E-state index contributed by atoms with van der Waals surface area (Å²) >= 11 is 5.95. The number of nitrogens with one attached hydrogen (secondary N) is 1. The maximum atomic E-state index is 11.1. The fourth-order valence-corrected chi connectivity index (χ4v) is 5.81. The molecule has 0 aliphatic rings. The molecule has 0 saturated carbocycles. The second-order valence-corrected chi connectivity index (χ2v) is 11.7. The number of carbonyl (C=O) groups is 2. The van der Waals surface area contributed by atoms with E-state index in [0.29, 0.717) is 39.4 Å². The molecule has 0 radical (unpaired) electrons. The number of hydrogen-bond acceptors (Lipinski definition) is 10. The van der Waals surface area contributed by atoms with Crippen molar-refractivity contribution in [3.63, 3.8) is 0 Å². The monoisotopic (exact) mass is 744 g/mol. The van der Waals surface area contributed by atoms with Gasteiger partial charge in [0, 0.05) is 46.2 Å². The molecule has 4 rings (SSSR count). The number of hydrogen-bond donors (Lipinski definition) is 6. The normalized spacial score (nSPS) is 11.1. The third kappa shape index (κ3) is 14.1. The quantitative estimate of drug-likeness (QED) is 0.0769. The highest BCUT2D eigenvalue weighted by atomic mass is 79.9. The first-order valence-electron chi connectivity index (χ1n) is 13.3. The van der Waals surface area contributed by atoms with Crippen LogP contribution in [0.1, 0.15) is 26.0 Å². The van der Waals surface area contributed by atoms with Crippen molar-refractivity contribution in [3.05, 3.63) is 72.1 Å². The predicted octanol–water partition coefficient (Wildman–Crippen LogP) is 5.72. The first kappa shape index (κ1) is 43.0. The number of pyridine rings is 2. The van der Waals surface area contributed by atoms with E-state index in [-0.39, 0.29) is 32.9 Å². The van der Waals surface area contributed by atoms with Gasteiger partial charge in [0.05, 0.1) is 11.9 Å². The molecule has 7 N–H and O–H groups in total. The predicted molar refractivity (Wildman–Crippen MR) is 199 cm³/mol. The highest BCUT2D eigenvalue weighted by molar-refractivity contribution is 9.09. The summed E-state index contributed by atoms with van der Waals surface area (Å²) in [5, 5.41) is 42.5. The molecule has 10 nitrogen and oxygen atoms in total. The maximum absolute atomic E-state index is 11.1. The van der Waals surface area contributed by atoms with Gasteiger partial charge in [-0.15, -0.1) is 12.8 Å². The average Bonchev–Trinajstić information content (AvgIpc) is 3.05. The SMILES string of the molecule is C.C.C#CCBr.C#CCN[C@H](CSCc1ccc(O)c2ncccc12)C(=O)O.N[C@H](CSCc1ccc(O)c2ncccc12)C(=O)O. The van der Waals surface area contributed by atoms with Crippen molar-refractivity contribution in [1.29, 1.82) is 0 Å². The number of nitrogens with two attached hydrogens (primary N) is 1. The van der Waals surface area contributed by atoms with Crippen LogP contribution in [0.15, 0.2) is 60.9 Å². The van der Waals surface area contributed by atoms with Gasteiger partial charge >= 0.3 is 11.9 Å². The number of carboxylic acid groups (broad SMARTS) is 2. The van der Waals surface area contributed by atoms with E-state index in [0.717, 1.165) is 21.9 Å². The molecule has 47 heavy (non-hydrogen) atoms. The lowest BCUT2D eigenvalue weighted by Gasteiger charge is -2.13. The van der Waals surface area contributed by atoms with Crippen LogP contribution in [0.2, 0.25) is 0 Å². The zero-order valence-electron chi connectivity index (χ0n) is 24.1. The molecule has 2 aromatic carbocycles. The van der Waals surface area contributed by atoms with Gasteiger partial charge in [0.1, 0.15) is 34.6 Å². The summed E-state index contributed by atoms with van der Waals surface area (Å²) in [7, 11) is 0. The Hall–Kier alpha value is -3.98. The molecule has 2 atom stereocenters. The van der Waals surface area contributed by atoms with Crippen molar-refractivity contribution in [2.24, 2.45) is 5.73 Å². The molecule has 2 heterocycles. The first-order chi connectivity index (χ1) is 21.6. The van der Waals surface area contributed by atoms with Crippen LogP contribution < -0.4 is 11.1 Å². The number of phenolic OH excluding ortho intramolecular Hbond substituents is 2. The van der Waals surface area contributed by atoms with E-state index in [1.807, 2.05) is 30.3 Å². The van der Waals surface area contributed by atoms with E-state index < -0.39 is 24.0 Å². The van der Waals surface area contributed by atoms with Gasteiger partial charge in [0.25, 0.3) is 0 Å². The fourth-order valence-electron chi connectivity index (χ4n) is 3.74. The molecule has 0 unspecified atom stereocenters. The molecule has 0 saturated heterocycles. The second kappa shape index (κ2) is 23.4. The summed E-state index contributed by atoms with van der Waals surface area (Å²) in [6, 6.07) is 12.7. The number of halogens is 1. The summed E-state index contributed by atoms with van der Waals surface area (Å²) in [5.74, 6) is 5.10. The Morgan fingerprint density at radius 1 is 0.830 bits per heavy atom. The Balaban J connectivity index is 0.000000784. The van der Waals surface area contributed by atoms with Gasteiger partial charge in [0.15, 0.2) is 0 Å². The Labute approximate surface area is 293 Å². The lowest BCUT2D eigenvalue weighted by molar-refractivity contribution is -0.139. The van der Waals surface area contributed by atoms with Crippen LogP contribution in [-0.2, 0) is 21.1 Å². The van der Waals surface area contributed by atoms with Gasteiger partial charge in [-0.3, -0.25) is 24.9 Å². The van der Waals surface area contributed by atoms with Crippen molar-refractivity contribution in [2.45, 2.75) is 38.4 Å². The maximum Gasteiger partial charge on any atom is 0.321 e. The van der Waals surface area contributed by atoms with Gasteiger partial charge in [-0.2, -0.15) is 23.5 Å². The van der Waals surface area contributed by atoms with Gasteiger partial charge in [-0.25, -0.2) is 0 Å². The second-order valence-electron chi connectivity index (χ2n) is 9.08. The van der Waals surface area contributed by atoms with Crippen LogP contribution in [0.3, 0.4) is 0 Å². The molecule has 13 heteroatoms. The minimum atomic E-state index is -0.996. The number of rotatable bonds is 12. The lowest BCUT2D eigenvalue weighted by Crippen LogP contribution is -2.38. The molecule has 0 fully saturated rings. The molecular formula is C34H41BrN4O6S2.